The molecule has 3 heterocycles. The van der Waals surface area contributed by atoms with Crippen molar-refractivity contribution in [2.75, 3.05) is 4.90 Å². The van der Waals surface area contributed by atoms with Crippen LogP contribution in [0.4, 0.5) is 17.1 Å². The van der Waals surface area contributed by atoms with Crippen molar-refractivity contribution in [3.05, 3.63) is 143 Å². The van der Waals surface area contributed by atoms with E-state index in [1.165, 1.54) is 77.8 Å². The van der Waals surface area contributed by atoms with E-state index in [0.717, 1.165) is 11.9 Å². The SMILES string of the molecule is C1=CC2=CCc3cc(N4c5ccccc5-n5c6cc7ncccc7cc6c6cccc4c65)cc4c3C2C(=C1)C=C4. The molecule has 4 aromatic carbocycles. The van der Waals surface area contributed by atoms with Gasteiger partial charge in [-0.15, -0.1) is 0 Å². The number of pyridine rings is 1. The van der Waals surface area contributed by atoms with Gasteiger partial charge in [0.25, 0.3) is 0 Å². The highest BCUT2D eigenvalue weighted by molar-refractivity contribution is 6.18. The molecule has 0 N–H and O–H groups in total. The Kier molecular flexibility index (Phi) is 3.78. The molecule has 1 atom stereocenters. The van der Waals surface area contributed by atoms with Crippen LogP contribution in [-0.2, 0) is 6.42 Å². The normalized spacial score (nSPS) is 17.7. The Morgan fingerprint density at radius 2 is 1.68 bits per heavy atom. The number of hydrogen-bond donors (Lipinski definition) is 0. The molecule has 1 aliphatic heterocycles. The van der Waals surface area contributed by atoms with Crippen molar-refractivity contribution >= 4 is 55.8 Å². The third kappa shape index (κ3) is 2.53. The predicted molar refractivity (Wildman–Crippen MR) is 165 cm³/mol. The van der Waals surface area contributed by atoms with Gasteiger partial charge in [-0.25, -0.2) is 0 Å². The van der Waals surface area contributed by atoms with E-state index in [9.17, 15) is 0 Å². The Bertz CT molecular complexity index is 2260. The summed E-state index contributed by atoms with van der Waals surface area (Å²) in [6.45, 7) is 0. The zero-order valence-electron chi connectivity index (χ0n) is 21.7. The molecule has 6 aromatic rings. The van der Waals surface area contributed by atoms with Crippen molar-refractivity contribution in [2.24, 2.45) is 0 Å². The average Bonchev–Trinajstić information content (AvgIpc) is 3.33. The van der Waals surface area contributed by atoms with E-state index in [1.54, 1.807) is 0 Å². The Balaban J connectivity index is 1.28. The molecule has 186 valence electrons. The molecule has 2 aromatic heterocycles. The minimum absolute atomic E-state index is 0.366. The fourth-order valence-electron chi connectivity index (χ4n) is 7.54. The van der Waals surface area contributed by atoms with Gasteiger partial charge in [0, 0.05) is 34.0 Å². The van der Waals surface area contributed by atoms with Crippen molar-refractivity contribution in [1.29, 1.82) is 0 Å². The van der Waals surface area contributed by atoms with Crippen LogP contribution < -0.4 is 4.90 Å². The molecule has 10 rings (SSSR count). The second-order valence-electron chi connectivity index (χ2n) is 11.2. The number of anilines is 3. The molecule has 3 heteroatoms. The van der Waals surface area contributed by atoms with Crippen molar-refractivity contribution in [2.45, 2.75) is 12.3 Å². The molecule has 0 radical (unpaired) electrons. The number of nitrogens with zero attached hydrogens (tertiary/aromatic N) is 3. The van der Waals surface area contributed by atoms with E-state index in [1.807, 2.05) is 12.3 Å². The molecular weight excluding hydrogens is 486 g/mol. The lowest BCUT2D eigenvalue weighted by atomic mass is 9.71. The summed E-state index contributed by atoms with van der Waals surface area (Å²) >= 11 is 0. The lowest BCUT2D eigenvalue weighted by Crippen LogP contribution is -2.21. The second-order valence-corrected chi connectivity index (χ2v) is 11.2. The minimum atomic E-state index is 0.366. The first-order chi connectivity index (χ1) is 19.8. The minimum Gasteiger partial charge on any atom is -0.306 e. The monoisotopic (exact) mass is 509 g/mol. The van der Waals surface area contributed by atoms with E-state index in [-0.39, 0.29) is 0 Å². The largest absolute Gasteiger partial charge is 0.306 e. The number of hydrogen-bond acceptors (Lipinski definition) is 2. The summed E-state index contributed by atoms with van der Waals surface area (Å²) in [7, 11) is 0. The van der Waals surface area contributed by atoms with Gasteiger partial charge in [0.15, 0.2) is 0 Å². The highest BCUT2D eigenvalue weighted by atomic mass is 15.2. The Morgan fingerprint density at radius 3 is 2.65 bits per heavy atom. The first-order valence-corrected chi connectivity index (χ1v) is 14.0. The molecule has 1 unspecified atom stereocenters. The number of rotatable bonds is 1. The summed E-state index contributed by atoms with van der Waals surface area (Å²) in [5.41, 5.74) is 15.4. The maximum Gasteiger partial charge on any atom is 0.0783 e. The van der Waals surface area contributed by atoms with Crippen LogP contribution in [0.15, 0.2) is 127 Å². The standard InChI is InChI=1S/C37H23N3/c1-2-11-32-31(10-1)39(27-18-25-15-13-22-6-3-7-23-14-16-26(19-27)36(25)35(22)23)33-12-4-9-28-29-20-24-8-5-17-38-30(24)21-34(29)40(32)37(28)33/h1-15,17-21,35H,16H2. The number of benzene rings is 4. The first kappa shape index (κ1) is 20.8. The van der Waals surface area contributed by atoms with Gasteiger partial charge in [0.1, 0.15) is 0 Å². The predicted octanol–water partition coefficient (Wildman–Crippen LogP) is 9.20. The van der Waals surface area contributed by atoms with Crippen LogP contribution in [0.25, 0.3) is 44.5 Å². The molecule has 0 bridgehead atoms. The Morgan fingerprint density at radius 1 is 0.750 bits per heavy atom. The second kappa shape index (κ2) is 7.28. The van der Waals surface area contributed by atoms with E-state index >= 15 is 0 Å². The van der Waals surface area contributed by atoms with E-state index < -0.39 is 0 Å². The maximum atomic E-state index is 4.69. The Hall–Kier alpha value is -5.15. The van der Waals surface area contributed by atoms with Gasteiger partial charge in [-0.2, -0.15) is 0 Å². The lowest BCUT2D eigenvalue weighted by Gasteiger charge is -2.36. The van der Waals surface area contributed by atoms with Crippen LogP contribution in [0.3, 0.4) is 0 Å². The van der Waals surface area contributed by atoms with Crippen molar-refractivity contribution in [3.63, 3.8) is 0 Å². The number of allylic oxidation sites excluding steroid dienone is 7. The molecular formula is C37H23N3. The number of fused-ring (bicyclic) bond motifs is 6. The van der Waals surface area contributed by atoms with Gasteiger partial charge >= 0.3 is 0 Å². The third-order valence-electron chi connectivity index (χ3n) is 9.18. The van der Waals surface area contributed by atoms with Crippen molar-refractivity contribution in [1.82, 2.24) is 9.55 Å². The topological polar surface area (TPSA) is 21.1 Å². The molecule has 0 amide bonds. The molecule has 0 fully saturated rings. The van der Waals surface area contributed by atoms with Crippen molar-refractivity contribution in [3.8, 4) is 5.69 Å². The van der Waals surface area contributed by atoms with Crippen LogP contribution in [0, 0.1) is 0 Å². The number of para-hydroxylation sites is 3. The lowest BCUT2D eigenvalue weighted by molar-refractivity contribution is 0.891. The summed E-state index contributed by atoms with van der Waals surface area (Å²) < 4.78 is 2.45. The quantitative estimate of drug-likeness (QED) is 0.220. The Labute approximate surface area is 231 Å². The highest BCUT2D eigenvalue weighted by Gasteiger charge is 2.33. The van der Waals surface area contributed by atoms with Crippen LogP contribution >= 0.6 is 0 Å². The first-order valence-electron chi connectivity index (χ1n) is 14.0. The van der Waals surface area contributed by atoms with E-state index in [2.05, 4.69) is 124 Å². The van der Waals surface area contributed by atoms with E-state index in [0.29, 0.717) is 5.92 Å². The maximum absolute atomic E-state index is 4.69. The van der Waals surface area contributed by atoms with Crippen LogP contribution in [0.1, 0.15) is 22.6 Å². The van der Waals surface area contributed by atoms with Gasteiger partial charge in [0.2, 0.25) is 0 Å². The smallest absolute Gasteiger partial charge is 0.0783 e. The summed E-state index contributed by atoms with van der Waals surface area (Å²) in [5.74, 6) is 0.366. The zero-order chi connectivity index (χ0) is 25.9. The summed E-state index contributed by atoms with van der Waals surface area (Å²) in [5, 5.41) is 3.70. The molecule has 0 saturated heterocycles. The summed E-state index contributed by atoms with van der Waals surface area (Å²) in [4.78, 5) is 7.16. The van der Waals surface area contributed by atoms with Gasteiger partial charge in [-0.1, -0.05) is 66.8 Å². The van der Waals surface area contributed by atoms with E-state index in [4.69, 9.17) is 0 Å². The summed E-state index contributed by atoms with van der Waals surface area (Å²) in [6, 6.07) is 29.1. The van der Waals surface area contributed by atoms with Crippen molar-refractivity contribution < 1.29 is 0 Å². The molecule has 4 aliphatic rings. The van der Waals surface area contributed by atoms with Gasteiger partial charge in [-0.05, 0) is 82.8 Å². The fraction of sp³-hybridized carbons (Fsp3) is 0.0541. The average molecular weight is 510 g/mol. The molecule has 40 heavy (non-hydrogen) atoms. The summed E-state index contributed by atoms with van der Waals surface area (Å²) in [6.07, 6.45) is 16.6. The third-order valence-corrected chi connectivity index (χ3v) is 9.18. The van der Waals surface area contributed by atoms with Gasteiger partial charge in [-0.3, -0.25) is 4.98 Å². The molecule has 3 nitrogen and oxygen atoms in total. The molecule has 0 saturated carbocycles. The highest BCUT2D eigenvalue weighted by Crippen LogP contribution is 2.52. The number of aromatic nitrogens is 2. The van der Waals surface area contributed by atoms with Gasteiger partial charge in [0.05, 0.1) is 33.6 Å². The van der Waals surface area contributed by atoms with Gasteiger partial charge < -0.3 is 9.47 Å². The fourth-order valence-corrected chi connectivity index (χ4v) is 7.54. The van der Waals surface area contributed by atoms with Crippen LogP contribution in [0.2, 0.25) is 0 Å². The molecule has 3 aliphatic carbocycles. The zero-order valence-corrected chi connectivity index (χ0v) is 21.7. The van der Waals surface area contributed by atoms with Crippen LogP contribution in [0.5, 0.6) is 0 Å². The molecule has 0 spiro atoms. The van der Waals surface area contributed by atoms with Crippen LogP contribution in [-0.4, -0.2) is 9.55 Å².